The lowest BCUT2D eigenvalue weighted by Crippen LogP contribution is -2.09. The third-order valence-corrected chi connectivity index (χ3v) is 2.28. The van der Waals surface area contributed by atoms with E-state index in [0.717, 1.165) is 0 Å². The number of rotatable bonds is 2. The molecule has 5 heteroatoms. The molecular weight excluding hydrogens is 217 g/mol. The Morgan fingerprint density at radius 3 is 2.93 bits per heavy atom. The second-order valence-corrected chi connectivity index (χ2v) is 3.48. The Morgan fingerprint density at radius 1 is 1.40 bits per heavy atom. The first-order valence-corrected chi connectivity index (χ1v) is 4.85. The number of aromatic nitrogens is 2. The summed E-state index contributed by atoms with van der Waals surface area (Å²) in [6.45, 7) is 0.506. The van der Waals surface area contributed by atoms with Gasteiger partial charge in [0, 0.05) is 11.5 Å². The van der Waals surface area contributed by atoms with Gasteiger partial charge in [0.1, 0.15) is 16.8 Å². The van der Waals surface area contributed by atoms with Gasteiger partial charge in [-0.1, -0.05) is 11.6 Å². The average molecular weight is 226 g/mol. The first-order valence-electron chi connectivity index (χ1n) is 4.47. The molecule has 0 amide bonds. The summed E-state index contributed by atoms with van der Waals surface area (Å²) in [6, 6.07) is 4.27. The predicted octanol–water partition coefficient (Wildman–Crippen LogP) is 2.14. The molecule has 0 saturated carbocycles. The van der Waals surface area contributed by atoms with Crippen LogP contribution in [0.5, 0.6) is 0 Å². The molecule has 0 saturated heterocycles. The van der Waals surface area contributed by atoms with Crippen molar-refractivity contribution in [2.45, 2.75) is 6.54 Å². The lowest BCUT2D eigenvalue weighted by Gasteiger charge is -2.03. The molecule has 0 bridgehead atoms. The predicted molar refractivity (Wildman–Crippen MR) is 57.3 cm³/mol. The summed E-state index contributed by atoms with van der Waals surface area (Å²) in [7, 11) is 1.78. The van der Waals surface area contributed by atoms with Gasteiger partial charge in [-0.05, 0) is 19.2 Å². The summed E-state index contributed by atoms with van der Waals surface area (Å²) in [5, 5.41) is 3.93. The van der Waals surface area contributed by atoms with Crippen molar-refractivity contribution in [2.75, 3.05) is 7.05 Å². The van der Waals surface area contributed by atoms with E-state index in [2.05, 4.69) is 15.3 Å². The summed E-state index contributed by atoms with van der Waals surface area (Å²) in [5.41, 5.74) is 0.528. The minimum absolute atomic E-state index is 0.326. The molecule has 0 aliphatic rings. The Morgan fingerprint density at radius 2 is 2.20 bits per heavy atom. The van der Waals surface area contributed by atoms with E-state index in [1.807, 2.05) is 0 Å². The average Bonchev–Trinajstić information content (AvgIpc) is 2.17. The van der Waals surface area contributed by atoms with Crippen molar-refractivity contribution in [3.63, 3.8) is 0 Å². The number of hydrogen-bond acceptors (Lipinski definition) is 3. The molecule has 1 heterocycles. The van der Waals surface area contributed by atoms with Crippen LogP contribution in [0.25, 0.3) is 10.9 Å². The zero-order valence-corrected chi connectivity index (χ0v) is 8.85. The highest BCUT2D eigenvalue weighted by Gasteiger charge is 2.05. The number of benzene rings is 1. The SMILES string of the molecule is CNCc1nc(Cl)c2ccc(F)cc2n1. The standard InChI is InChI=1S/C10H9ClFN3/c1-13-5-9-14-8-4-6(12)2-3-7(8)10(11)15-9/h2-4,13H,5H2,1H3. The van der Waals surface area contributed by atoms with Crippen molar-refractivity contribution in [3.05, 3.63) is 35.0 Å². The minimum atomic E-state index is -0.326. The number of fused-ring (bicyclic) bond motifs is 1. The van der Waals surface area contributed by atoms with Gasteiger partial charge in [-0.15, -0.1) is 0 Å². The molecule has 0 radical (unpaired) electrons. The van der Waals surface area contributed by atoms with Crippen LogP contribution in [0.2, 0.25) is 5.15 Å². The van der Waals surface area contributed by atoms with Crippen LogP contribution in [0.15, 0.2) is 18.2 Å². The van der Waals surface area contributed by atoms with Crippen LogP contribution >= 0.6 is 11.6 Å². The van der Waals surface area contributed by atoms with E-state index in [0.29, 0.717) is 28.4 Å². The molecule has 0 unspecified atom stereocenters. The third-order valence-electron chi connectivity index (χ3n) is 1.99. The first-order chi connectivity index (χ1) is 7.20. The van der Waals surface area contributed by atoms with Crippen molar-refractivity contribution >= 4 is 22.5 Å². The Labute approximate surface area is 91.3 Å². The maximum absolute atomic E-state index is 13.0. The second-order valence-electron chi connectivity index (χ2n) is 3.12. The molecule has 78 valence electrons. The van der Waals surface area contributed by atoms with E-state index in [9.17, 15) is 4.39 Å². The molecule has 0 aliphatic heterocycles. The smallest absolute Gasteiger partial charge is 0.144 e. The fourth-order valence-electron chi connectivity index (χ4n) is 1.35. The van der Waals surface area contributed by atoms with Gasteiger partial charge in [0.25, 0.3) is 0 Å². The van der Waals surface area contributed by atoms with Crippen LogP contribution in [0.4, 0.5) is 4.39 Å². The molecule has 0 aliphatic carbocycles. The third kappa shape index (κ3) is 2.06. The Balaban J connectivity index is 2.63. The number of nitrogens with one attached hydrogen (secondary N) is 1. The zero-order valence-electron chi connectivity index (χ0n) is 8.09. The Hall–Kier alpha value is -1.26. The lowest BCUT2D eigenvalue weighted by molar-refractivity contribution is 0.629. The molecular formula is C10H9ClFN3. The maximum Gasteiger partial charge on any atom is 0.144 e. The molecule has 1 aromatic heterocycles. The van der Waals surface area contributed by atoms with Crippen molar-refractivity contribution in [2.24, 2.45) is 0 Å². The summed E-state index contributed by atoms with van der Waals surface area (Å²) in [5.74, 6) is 0.230. The van der Waals surface area contributed by atoms with Gasteiger partial charge in [-0.3, -0.25) is 0 Å². The van der Waals surface area contributed by atoms with Crippen LogP contribution in [0.1, 0.15) is 5.82 Å². The number of nitrogens with zero attached hydrogens (tertiary/aromatic N) is 2. The van der Waals surface area contributed by atoms with E-state index < -0.39 is 0 Å². The van der Waals surface area contributed by atoms with E-state index in [4.69, 9.17) is 11.6 Å². The highest BCUT2D eigenvalue weighted by atomic mass is 35.5. The first kappa shape index (κ1) is 10.3. The number of halogens is 2. The van der Waals surface area contributed by atoms with Crippen molar-refractivity contribution < 1.29 is 4.39 Å². The summed E-state index contributed by atoms with van der Waals surface area (Å²) in [6.07, 6.45) is 0. The molecule has 1 N–H and O–H groups in total. The quantitative estimate of drug-likeness (QED) is 0.796. The molecule has 1 aromatic carbocycles. The van der Waals surface area contributed by atoms with E-state index >= 15 is 0 Å². The van der Waals surface area contributed by atoms with Gasteiger partial charge in [0.05, 0.1) is 12.1 Å². The van der Waals surface area contributed by atoms with Crippen LogP contribution in [0, 0.1) is 5.82 Å². The highest BCUT2D eigenvalue weighted by molar-refractivity contribution is 6.34. The maximum atomic E-state index is 13.0. The van der Waals surface area contributed by atoms with Gasteiger partial charge in [0.2, 0.25) is 0 Å². The van der Waals surface area contributed by atoms with Gasteiger partial charge in [0.15, 0.2) is 0 Å². The van der Waals surface area contributed by atoms with E-state index in [1.165, 1.54) is 12.1 Å². The highest BCUT2D eigenvalue weighted by Crippen LogP contribution is 2.20. The second kappa shape index (κ2) is 4.08. The molecule has 0 fully saturated rings. The van der Waals surface area contributed by atoms with Gasteiger partial charge in [-0.25, -0.2) is 14.4 Å². The Bertz CT molecular complexity index is 501. The monoisotopic (exact) mass is 225 g/mol. The van der Waals surface area contributed by atoms with Crippen molar-refractivity contribution in [3.8, 4) is 0 Å². The normalized spacial score (nSPS) is 10.9. The van der Waals surface area contributed by atoms with Gasteiger partial charge < -0.3 is 5.32 Å². The Kier molecular flexibility index (Phi) is 2.79. The molecule has 3 nitrogen and oxygen atoms in total. The van der Waals surface area contributed by atoms with E-state index in [-0.39, 0.29) is 5.82 Å². The zero-order chi connectivity index (χ0) is 10.8. The summed E-state index contributed by atoms with van der Waals surface area (Å²) < 4.78 is 13.0. The van der Waals surface area contributed by atoms with Crippen LogP contribution < -0.4 is 5.32 Å². The molecule has 15 heavy (non-hydrogen) atoms. The van der Waals surface area contributed by atoms with Gasteiger partial charge >= 0.3 is 0 Å². The van der Waals surface area contributed by atoms with Crippen LogP contribution in [-0.2, 0) is 6.54 Å². The van der Waals surface area contributed by atoms with Crippen LogP contribution in [0.3, 0.4) is 0 Å². The van der Waals surface area contributed by atoms with Crippen molar-refractivity contribution in [1.82, 2.24) is 15.3 Å². The van der Waals surface area contributed by atoms with Crippen LogP contribution in [-0.4, -0.2) is 17.0 Å². The fourth-order valence-corrected chi connectivity index (χ4v) is 1.60. The topological polar surface area (TPSA) is 37.8 Å². The minimum Gasteiger partial charge on any atom is -0.313 e. The summed E-state index contributed by atoms with van der Waals surface area (Å²) in [4.78, 5) is 8.28. The summed E-state index contributed by atoms with van der Waals surface area (Å²) >= 11 is 5.95. The lowest BCUT2D eigenvalue weighted by atomic mass is 10.2. The molecule has 0 spiro atoms. The molecule has 2 rings (SSSR count). The van der Waals surface area contributed by atoms with E-state index in [1.54, 1.807) is 13.1 Å². The van der Waals surface area contributed by atoms with Crippen molar-refractivity contribution in [1.29, 1.82) is 0 Å². The molecule has 0 atom stereocenters. The van der Waals surface area contributed by atoms with Gasteiger partial charge in [-0.2, -0.15) is 0 Å². The fraction of sp³-hybridized carbons (Fsp3) is 0.200. The largest absolute Gasteiger partial charge is 0.313 e. The number of hydrogen-bond donors (Lipinski definition) is 1. The molecule has 2 aromatic rings.